The summed E-state index contributed by atoms with van der Waals surface area (Å²) in [4.78, 5) is 0. The Labute approximate surface area is 46.9 Å². The van der Waals surface area contributed by atoms with Crippen LogP contribution in [0.15, 0.2) is 11.3 Å². The van der Waals surface area contributed by atoms with Crippen LogP contribution in [0.1, 0.15) is 0 Å². The molecule has 0 aromatic rings. The van der Waals surface area contributed by atoms with Crippen LogP contribution in [0.2, 0.25) is 0 Å². The maximum Gasteiger partial charge on any atom is 0.170 e. The lowest BCUT2D eigenvalue weighted by Crippen LogP contribution is -1.94. The van der Waals surface area contributed by atoms with Crippen molar-refractivity contribution >= 4 is 11.8 Å². The number of hydrogen-bond donors (Lipinski definition) is 1. The van der Waals surface area contributed by atoms with Gasteiger partial charge in [0.25, 0.3) is 0 Å². The Hall–Kier alpha value is -0.310. The first-order valence-corrected chi connectivity index (χ1v) is 3.02. The van der Waals surface area contributed by atoms with Crippen LogP contribution in [0.5, 0.6) is 0 Å². The van der Waals surface area contributed by atoms with Gasteiger partial charge in [-0.1, -0.05) is 11.8 Å². The van der Waals surface area contributed by atoms with Gasteiger partial charge in [-0.15, -0.1) is 0 Å². The van der Waals surface area contributed by atoms with Gasteiger partial charge < -0.3 is 10.1 Å². The average Bonchev–Trinajstić information content (AvgIpc) is 2.14. The second-order valence-corrected chi connectivity index (χ2v) is 2.14. The lowest BCUT2D eigenvalue weighted by molar-refractivity contribution is 0.324. The molecular formula is C4H7NOS. The molecule has 7 heavy (non-hydrogen) atoms. The number of nitrogens with one attached hydrogen (secondary N) is 1. The molecule has 0 spiro atoms. The van der Waals surface area contributed by atoms with Crippen LogP contribution < -0.4 is 5.32 Å². The SMILES string of the molecule is COC1=CNCS1. The second kappa shape index (κ2) is 2.12. The van der Waals surface area contributed by atoms with E-state index in [-0.39, 0.29) is 0 Å². The molecule has 0 fully saturated rings. The molecule has 0 radical (unpaired) electrons. The van der Waals surface area contributed by atoms with Crippen LogP contribution in [0.25, 0.3) is 0 Å². The maximum atomic E-state index is 4.87. The minimum absolute atomic E-state index is 0.948. The fourth-order valence-corrected chi connectivity index (χ4v) is 0.991. The van der Waals surface area contributed by atoms with Crippen molar-refractivity contribution in [2.24, 2.45) is 0 Å². The lowest BCUT2D eigenvalue weighted by Gasteiger charge is -1.91. The summed E-state index contributed by atoms with van der Waals surface area (Å²) in [6, 6.07) is 0. The molecule has 1 aliphatic heterocycles. The first kappa shape index (κ1) is 4.84. The van der Waals surface area contributed by atoms with Crippen LogP contribution in [0.3, 0.4) is 0 Å². The molecule has 2 nitrogen and oxygen atoms in total. The molecule has 0 saturated heterocycles. The van der Waals surface area contributed by atoms with Gasteiger partial charge in [0.15, 0.2) is 5.09 Å². The van der Waals surface area contributed by atoms with Crippen molar-refractivity contribution in [3.05, 3.63) is 11.3 Å². The summed E-state index contributed by atoms with van der Waals surface area (Å²) in [6.07, 6.45) is 1.87. The second-order valence-electron chi connectivity index (χ2n) is 1.16. The molecule has 1 N–H and O–H groups in total. The van der Waals surface area contributed by atoms with Gasteiger partial charge >= 0.3 is 0 Å². The van der Waals surface area contributed by atoms with E-state index in [1.807, 2.05) is 6.20 Å². The molecule has 0 unspecified atom stereocenters. The Bertz CT molecular complexity index is 91.7. The number of ether oxygens (including phenoxy) is 1. The first-order valence-electron chi connectivity index (χ1n) is 2.04. The van der Waals surface area contributed by atoms with Gasteiger partial charge in [-0.3, -0.25) is 0 Å². The Balaban J connectivity index is 2.36. The highest BCUT2D eigenvalue weighted by Crippen LogP contribution is 2.17. The third-order valence-corrected chi connectivity index (χ3v) is 1.60. The van der Waals surface area contributed by atoms with E-state index in [0.29, 0.717) is 0 Å². The number of methoxy groups -OCH3 is 1. The predicted molar refractivity (Wildman–Crippen MR) is 30.7 cm³/mol. The van der Waals surface area contributed by atoms with Gasteiger partial charge in [0.05, 0.1) is 13.0 Å². The van der Waals surface area contributed by atoms with Crippen molar-refractivity contribution in [3.8, 4) is 0 Å². The standard InChI is InChI=1S/C4H7NOS/c1-6-4-2-5-3-7-4/h2,5H,3H2,1H3. The highest BCUT2D eigenvalue weighted by molar-refractivity contribution is 8.03. The van der Waals surface area contributed by atoms with Gasteiger partial charge in [0.1, 0.15) is 0 Å². The zero-order valence-corrected chi connectivity index (χ0v) is 4.92. The van der Waals surface area contributed by atoms with E-state index in [1.165, 1.54) is 0 Å². The van der Waals surface area contributed by atoms with Gasteiger partial charge in [-0.2, -0.15) is 0 Å². The van der Waals surface area contributed by atoms with E-state index in [2.05, 4.69) is 5.32 Å². The zero-order chi connectivity index (χ0) is 5.11. The minimum Gasteiger partial charge on any atom is -0.489 e. The van der Waals surface area contributed by atoms with E-state index >= 15 is 0 Å². The smallest absolute Gasteiger partial charge is 0.170 e. The third kappa shape index (κ3) is 1.03. The van der Waals surface area contributed by atoms with Crippen molar-refractivity contribution < 1.29 is 4.74 Å². The fourth-order valence-electron chi connectivity index (χ4n) is 0.397. The third-order valence-electron chi connectivity index (χ3n) is 0.719. The summed E-state index contributed by atoms with van der Waals surface area (Å²) in [7, 11) is 1.67. The summed E-state index contributed by atoms with van der Waals surface area (Å²) in [5.41, 5.74) is 0. The molecule has 1 heterocycles. The zero-order valence-electron chi connectivity index (χ0n) is 4.10. The molecule has 0 aliphatic carbocycles. The Morgan fingerprint density at radius 3 is 3.14 bits per heavy atom. The summed E-state index contributed by atoms with van der Waals surface area (Å²) in [5, 5.41) is 3.97. The Morgan fingerprint density at radius 2 is 2.86 bits per heavy atom. The molecule has 0 aromatic carbocycles. The van der Waals surface area contributed by atoms with Crippen molar-refractivity contribution in [3.63, 3.8) is 0 Å². The normalized spacial score (nSPS) is 18.1. The van der Waals surface area contributed by atoms with Crippen molar-refractivity contribution in [1.82, 2.24) is 5.32 Å². The van der Waals surface area contributed by atoms with E-state index < -0.39 is 0 Å². The topological polar surface area (TPSA) is 21.3 Å². The number of hydrogen-bond acceptors (Lipinski definition) is 3. The molecule has 0 amide bonds. The maximum absolute atomic E-state index is 4.87. The fraction of sp³-hybridized carbons (Fsp3) is 0.500. The largest absolute Gasteiger partial charge is 0.489 e. The highest BCUT2D eigenvalue weighted by atomic mass is 32.2. The van der Waals surface area contributed by atoms with E-state index in [9.17, 15) is 0 Å². The van der Waals surface area contributed by atoms with Gasteiger partial charge in [-0.05, 0) is 0 Å². The molecule has 1 rings (SSSR count). The van der Waals surface area contributed by atoms with Crippen LogP contribution in [0.4, 0.5) is 0 Å². The molecule has 0 aromatic heterocycles. The van der Waals surface area contributed by atoms with Crippen molar-refractivity contribution in [1.29, 1.82) is 0 Å². The van der Waals surface area contributed by atoms with Crippen LogP contribution in [-0.2, 0) is 4.74 Å². The molecule has 0 saturated carbocycles. The van der Waals surface area contributed by atoms with E-state index in [4.69, 9.17) is 4.74 Å². The molecule has 0 bridgehead atoms. The minimum atomic E-state index is 0.948. The van der Waals surface area contributed by atoms with Gasteiger partial charge in [0.2, 0.25) is 0 Å². The molecular weight excluding hydrogens is 110 g/mol. The lowest BCUT2D eigenvalue weighted by atomic mass is 10.9. The highest BCUT2D eigenvalue weighted by Gasteiger charge is 2.00. The monoisotopic (exact) mass is 117 g/mol. The summed E-state index contributed by atoms with van der Waals surface area (Å²) in [6.45, 7) is 0. The Morgan fingerprint density at radius 1 is 2.00 bits per heavy atom. The first-order chi connectivity index (χ1) is 3.43. The molecule has 0 atom stereocenters. The predicted octanol–water partition coefficient (Wildman–Crippen LogP) is 0.726. The van der Waals surface area contributed by atoms with Gasteiger partial charge in [-0.25, -0.2) is 0 Å². The van der Waals surface area contributed by atoms with Crippen molar-refractivity contribution in [2.45, 2.75) is 0 Å². The van der Waals surface area contributed by atoms with E-state index in [1.54, 1.807) is 18.9 Å². The van der Waals surface area contributed by atoms with Crippen LogP contribution in [-0.4, -0.2) is 13.0 Å². The van der Waals surface area contributed by atoms with Crippen molar-refractivity contribution in [2.75, 3.05) is 13.0 Å². The number of rotatable bonds is 1. The van der Waals surface area contributed by atoms with E-state index in [0.717, 1.165) is 11.0 Å². The molecule has 1 aliphatic rings. The summed E-state index contributed by atoms with van der Waals surface area (Å²) < 4.78 is 4.87. The Kier molecular flexibility index (Phi) is 1.46. The summed E-state index contributed by atoms with van der Waals surface area (Å²) >= 11 is 1.67. The van der Waals surface area contributed by atoms with Gasteiger partial charge in [0, 0.05) is 6.20 Å². The van der Waals surface area contributed by atoms with Crippen LogP contribution in [0, 0.1) is 0 Å². The molecule has 40 valence electrons. The number of thioether (sulfide) groups is 1. The molecule has 3 heteroatoms. The quantitative estimate of drug-likeness (QED) is 0.547. The van der Waals surface area contributed by atoms with Crippen LogP contribution >= 0.6 is 11.8 Å². The average molecular weight is 117 g/mol. The summed E-state index contributed by atoms with van der Waals surface area (Å²) in [5.74, 6) is 0.948.